The van der Waals surface area contributed by atoms with Crippen LogP contribution in [0.5, 0.6) is 0 Å². The van der Waals surface area contributed by atoms with E-state index in [4.69, 9.17) is 9.84 Å². The molecule has 0 aromatic heterocycles. The molecule has 2 N–H and O–H groups in total. The van der Waals surface area contributed by atoms with Crippen LogP contribution in [0.15, 0.2) is 54.6 Å². The number of nitrogens with zero attached hydrogens (tertiary/aromatic N) is 2. The average molecular weight is 383 g/mol. The van der Waals surface area contributed by atoms with Crippen molar-refractivity contribution in [3.05, 3.63) is 54.6 Å². The Morgan fingerprint density at radius 2 is 1.89 bits per heavy atom. The van der Waals surface area contributed by atoms with Crippen molar-refractivity contribution in [2.75, 3.05) is 45.2 Å². The zero-order valence-corrected chi connectivity index (χ0v) is 15.9. The summed E-state index contributed by atoms with van der Waals surface area (Å²) >= 11 is 0. The van der Waals surface area contributed by atoms with Crippen molar-refractivity contribution in [3.8, 4) is 11.1 Å². The minimum Gasteiger partial charge on any atom is -0.480 e. The van der Waals surface area contributed by atoms with Crippen LogP contribution >= 0.6 is 0 Å². The fourth-order valence-corrected chi connectivity index (χ4v) is 3.31. The van der Waals surface area contributed by atoms with Crippen molar-refractivity contribution in [2.24, 2.45) is 0 Å². The Hall–Kier alpha value is -2.90. The van der Waals surface area contributed by atoms with Gasteiger partial charge in [0.2, 0.25) is 0 Å². The second-order valence-corrected chi connectivity index (χ2v) is 6.87. The number of carbonyl (C=O) groups is 2. The van der Waals surface area contributed by atoms with E-state index in [1.165, 1.54) is 0 Å². The van der Waals surface area contributed by atoms with Gasteiger partial charge in [0.1, 0.15) is 0 Å². The molecule has 0 saturated carbocycles. The summed E-state index contributed by atoms with van der Waals surface area (Å²) in [5.41, 5.74) is 2.75. The third-order valence-electron chi connectivity index (χ3n) is 4.60. The van der Waals surface area contributed by atoms with Gasteiger partial charge in [0.05, 0.1) is 24.9 Å². The number of urea groups is 1. The van der Waals surface area contributed by atoms with Crippen molar-refractivity contribution in [1.82, 2.24) is 9.80 Å². The summed E-state index contributed by atoms with van der Waals surface area (Å²) in [6, 6.07) is 17.4. The summed E-state index contributed by atoms with van der Waals surface area (Å²) in [7, 11) is 1.73. The standard InChI is InChI=1S/C21H25N3O4/c1-23(15-20(25)26)13-17-14-24(11-12-28-17)21(27)22-19-10-6-5-9-18(19)16-7-3-2-4-8-16/h2-10,17H,11-15H2,1H3,(H,22,27)(H,25,26). The summed E-state index contributed by atoms with van der Waals surface area (Å²) in [6.07, 6.45) is -0.215. The van der Waals surface area contributed by atoms with Crippen molar-refractivity contribution in [3.63, 3.8) is 0 Å². The fraction of sp³-hybridized carbons (Fsp3) is 0.333. The molecule has 2 aromatic carbocycles. The lowest BCUT2D eigenvalue weighted by molar-refractivity contribution is -0.138. The Morgan fingerprint density at radius 3 is 2.64 bits per heavy atom. The molecule has 148 valence electrons. The first-order valence-electron chi connectivity index (χ1n) is 9.25. The topological polar surface area (TPSA) is 82.1 Å². The van der Waals surface area contributed by atoms with Gasteiger partial charge >= 0.3 is 12.0 Å². The van der Waals surface area contributed by atoms with E-state index in [0.29, 0.717) is 26.2 Å². The SMILES string of the molecule is CN(CC(=O)O)CC1CN(C(=O)Nc2ccccc2-c2ccccc2)CCO1. The number of aliphatic carboxylic acids is 1. The molecule has 1 aliphatic heterocycles. The Labute approximate surface area is 164 Å². The van der Waals surface area contributed by atoms with Crippen molar-refractivity contribution in [1.29, 1.82) is 0 Å². The molecule has 1 fully saturated rings. The van der Waals surface area contributed by atoms with Gasteiger partial charge < -0.3 is 20.1 Å². The van der Waals surface area contributed by atoms with E-state index in [-0.39, 0.29) is 18.7 Å². The van der Waals surface area contributed by atoms with Gasteiger partial charge in [-0.05, 0) is 18.7 Å². The number of morpholine rings is 1. The van der Waals surface area contributed by atoms with Gasteiger partial charge in [-0.25, -0.2) is 4.79 Å². The van der Waals surface area contributed by atoms with Gasteiger partial charge in [-0.2, -0.15) is 0 Å². The van der Waals surface area contributed by atoms with Gasteiger partial charge in [-0.3, -0.25) is 9.69 Å². The lowest BCUT2D eigenvalue weighted by Crippen LogP contribution is -2.50. The molecule has 0 bridgehead atoms. The minimum atomic E-state index is -0.884. The first-order valence-corrected chi connectivity index (χ1v) is 9.25. The number of carboxylic acid groups (broad SMARTS) is 1. The molecule has 28 heavy (non-hydrogen) atoms. The number of carbonyl (C=O) groups excluding carboxylic acids is 1. The third-order valence-corrected chi connectivity index (χ3v) is 4.60. The van der Waals surface area contributed by atoms with E-state index in [1.54, 1.807) is 16.8 Å². The fourth-order valence-electron chi connectivity index (χ4n) is 3.31. The molecule has 2 amide bonds. The third kappa shape index (κ3) is 5.31. The van der Waals surface area contributed by atoms with Crippen LogP contribution in [-0.2, 0) is 9.53 Å². The molecule has 1 unspecified atom stereocenters. The van der Waals surface area contributed by atoms with Crippen molar-refractivity contribution in [2.45, 2.75) is 6.10 Å². The maximum Gasteiger partial charge on any atom is 0.322 e. The lowest BCUT2D eigenvalue weighted by atomic mass is 10.0. The van der Waals surface area contributed by atoms with Gasteiger partial charge in [-0.15, -0.1) is 0 Å². The van der Waals surface area contributed by atoms with Crippen LogP contribution in [0.1, 0.15) is 0 Å². The maximum atomic E-state index is 12.8. The highest BCUT2D eigenvalue weighted by molar-refractivity contribution is 5.94. The molecule has 7 heteroatoms. The number of hydrogen-bond donors (Lipinski definition) is 2. The quantitative estimate of drug-likeness (QED) is 0.801. The van der Waals surface area contributed by atoms with Crippen LogP contribution in [0.25, 0.3) is 11.1 Å². The second-order valence-electron chi connectivity index (χ2n) is 6.87. The Bertz CT molecular complexity index is 812. The summed E-state index contributed by atoms with van der Waals surface area (Å²) < 4.78 is 5.70. The number of likely N-dealkylation sites (N-methyl/N-ethyl adjacent to an activating group) is 1. The zero-order chi connectivity index (χ0) is 19.9. The highest BCUT2D eigenvalue weighted by Crippen LogP contribution is 2.27. The molecular weight excluding hydrogens is 358 g/mol. The van der Waals surface area contributed by atoms with Gasteiger partial charge in [0, 0.05) is 25.2 Å². The average Bonchev–Trinajstić information content (AvgIpc) is 2.68. The van der Waals surface area contributed by atoms with Gasteiger partial charge in [0.25, 0.3) is 0 Å². The number of benzene rings is 2. The number of rotatable bonds is 6. The number of para-hydroxylation sites is 1. The molecular formula is C21H25N3O4. The summed E-state index contributed by atoms with van der Waals surface area (Å²) in [6.45, 7) is 1.74. The molecule has 3 rings (SSSR count). The van der Waals surface area contributed by atoms with Crippen LogP contribution in [0.3, 0.4) is 0 Å². The van der Waals surface area contributed by atoms with Crippen molar-refractivity contribution >= 4 is 17.7 Å². The maximum absolute atomic E-state index is 12.8. The number of hydrogen-bond acceptors (Lipinski definition) is 4. The molecule has 0 radical (unpaired) electrons. The number of anilines is 1. The summed E-state index contributed by atoms with van der Waals surface area (Å²) in [4.78, 5) is 27.0. The van der Waals surface area contributed by atoms with Crippen molar-refractivity contribution < 1.29 is 19.4 Å². The van der Waals surface area contributed by atoms with Crippen LogP contribution in [0.4, 0.5) is 10.5 Å². The van der Waals surface area contributed by atoms with Crippen LogP contribution < -0.4 is 5.32 Å². The smallest absolute Gasteiger partial charge is 0.322 e. The Balaban J connectivity index is 1.64. The Morgan fingerprint density at radius 1 is 1.18 bits per heavy atom. The number of nitrogens with one attached hydrogen (secondary N) is 1. The Kier molecular flexibility index (Phi) is 6.62. The van der Waals surface area contributed by atoms with E-state index in [0.717, 1.165) is 16.8 Å². The number of ether oxygens (including phenoxy) is 1. The molecule has 0 aliphatic carbocycles. The van der Waals surface area contributed by atoms with Crippen LogP contribution in [0.2, 0.25) is 0 Å². The lowest BCUT2D eigenvalue weighted by Gasteiger charge is -2.34. The first kappa shape index (κ1) is 19.9. The van der Waals surface area contributed by atoms with E-state index < -0.39 is 5.97 Å². The van der Waals surface area contributed by atoms with E-state index >= 15 is 0 Å². The predicted octanol–water partition coefficient (Wildman–Crippen LogP) is 2.60. The van der Waals surface area contributed by atoms with E-state index in [1.807, 2.05) is 54.6 Å². The molecule has 1 saturated heterocycles. The monoisotopic (exact) mass is 383 g/mol. The summed E-state index contributed by atoms with van der Waals surface area (Å²) in [5, 5.41) is 11.9. The summed E-state index contributed by atoms with van der Waals surface area (Å²) in [5.74, 6) is -0.884. The molecule has 1 heterocycles. The molecule has 1 aliphatic rings. The van der Waals surface area contributed by atoms with Crippen LogP contribution in [0, 0.1) is 0 Å². The minimum absolute atomic E-state index is 0.0590. The molecule has 1 atom stereocenters. The van der Waals surface area contributed by atoms with Gasteiger partial charge in [-0.1, -0.05) is 48.5 Å². The van der Waals surface area contributed by atoms with E-state index in [9.17, 15) is 9.59 Å². The van der Waals surface area contributed by atoms with Crippen LogP contribution in [-0.4, -0.2) is 72.8 Å². The largest absolute Gasteiger partial charge is 0.480 e. The number of carboxylic acids is 1. The predicted molar refractivity (Wildman–Crippen MR) is 107 cm³/mol. The highest BCUT2D eigenvalue weighted by atomic mass is 16.5. The van der Waals surface area contributed by atoms with Gasteiger partial charge in [0.15, 0.2) is 0 Å². The molecule has 0 spiro atoms. The zero-order valence-electron chi connectivity index (χ0n) is 15.9. The first-order chi connectivity index (χ1) is 13.5. The second kappa shape index (κ2) is 9.34. The molecule has 7 nitrogen and oxygen atoms in total. The highest BCUT2D eigenvalue weighted by Gasteiger charge is 2.26. The number of amides is 2. The van der Waals surface area contributed by atoms with E-state index in [2.05, 4.69) is 5.32 Å². The molecule has 2 aromatic rings. The normalized spacial score (nSPS) is 16.8.